The first-order valence-corrected chi connectivity index (χ1v) is 9.24. The van der Waals surface area contributed by atoms with Gasteiger partial charge in [-0.25, -0.2) is 4.39 Å². The topological polar surface area (TPSA) is 104 Å². The van der Waals surface area contributed by atoms with Crippen molar-refractivity contribution < 1.29 is 28.0 Å². The van der Waals surface area contributed by atoms with Gasteiger partial charge in [0.1, 0.15) is 11.6 Å². The van der Waals surface area contributed by atoms with Crippen LogP contribution in [0.1, 0.15) is 23.7 Å². The van der Waals surface area contributed by atoms with Crippen molar-refractivity contribution in [3.8, 4) is 5.75 Å². The third kappa shape index (κ3) is 7.01. The fourth-order valence-electron chi connectivity index (χ4n) is 2.45. The van der Waals surface area contributed by atoms with Crippen molar-refractivity contribution in [2.24, 2.45) is 0 Å². The summed E-state index contributed by atoms with van der Waals surface area (Å²) in [6.45, 7) is 0.0158. The lowest BCUT2D eigenvalue weighted by Gasteiger charge is -2.05. The second-order valence-electron chi connectivity index (χ2n) is 6.27. The van der Waals surface area contributed by atoms with Crippen LogP contribution < -0.4 is 10.1 Å². The molecule has 9 heteroatoms. The molecule has 2 aromatic carbocycles. The third-order valence-corrected chi connectivity index (χ3v) is 3.91. The molecule has 0 aliphatic rings. The monoisotopic (exact) mass is 413 g/mol. The molecule has 0 radical (unpaired) electrons. The summed E-state index contributed by atoms with van der Waals surface area (Å²) in [6.07, 6.45) is 0.274. The number of aromatic nitrogens is 2. The number of benzene rings is 2. The van der Waals surface area contributed by atoms with Crippen LogP contribution in [0.5, 0.6) is 5.75 Å². The summed E-state index contributed by atoms with van der Waals surface area (Å²) in [7, 11) is 0. The molecular formula is C21H20FN3O5. The van der Waals surface area contributed by atoms with Crippen molar-refractivity contribution in [3.63, 3.8) is 0 Å². The Kier molecular flexibility index (Phi) is 7.48. The highest BCUT2D eigenvalue weighted by molar-refractivity contribution is 5.79. The summed E-state index contributed by atoms with van der Waals surface area (Å²) < 4.78 is 28.3. The number of nitrogens with one attached hydrogen (secondary N) is 1. The lowest BCUT2D eigenvalue weighted by atomic mass is 10.1. The molecule has 156 valence electrons. The number of nitrogens with zero attached hydrogens (tertiary/aromatic N) is 2. The van der Waals surface area contributed by atoms with Gasteiger partial charge >= 0.3 is 5.97 Å². The van der Waals surface area contributed by atoms with E-state index in [9.17, 15) is 14.0 Å². The second kappa shape index (κ2) is 10.7. The van der Waals surface area contributed by atoms with Gasteiger partial charge in [0, 0.05) is 6.54 Å². The molecule has 0 fully saturated rings. The smallest absolute Gasteiger partial charge is 0.308 e. The quantitative estimate of drug-likeness (QED) is 0.510. The molecule has 0 saturated carbocycles. The fourth-order valence-corrected chi connectivity index (χ4v) is 2.45. The van der Waals surface area contributed by atoms with Gasteiger partial charge < -0.3 is 19.3 Å². The van der Waals surface area contributed by atoms with E-state index in [1.54, 1.807) is 0 Å². The predicted octanol–water partition coefficient (Wildman–Crippen LogP) is 2.58. The maximum atomic E-state index is 12.9. The van der Waals surface area contributed by atoms with Gasteiger partial charge in [0.2, 0.25) is 11.7 Å². The van der Waals surface area contributed by atoms with Crippen LogP contribution in [0.2, 0.25) is 0 Å². The largest absolute Gasteiger partial charge is 0.485 e. The first kappa shape index (κ1) is 21.0. The number of amides is 1. The van der Waals surface area contributed by atoms with E-state index in [1.807, 2.05) is 30.3 Å². The van der Waals surface area contributed by atoms with Gasteiger partial charge in [-0.05, 0) is 29.8 Å². The van der Waals surface area contributed by atoms with Crippen LogP contribution in [0.3, 0.4) is 0 Å². The zero-order chi connectivity index (χ0) is 21.2. The van der Waals surface area contributed by atoms with Gasteiger partial charge in [0.25, 0.3) is 5.89 Å². The van der Waals surface area contributed by atoms with E-state index < -0.39 is 5.97 Å². The van der Waals surface area contributed by atoms with Gasteiger partial charge in [-0.1, -0.05) is 35.5 Å². The Hall–Kier alpha value is -3.75. The Morgan fingerprint density at radius 2 is 1.80 bits per heavy atom. The zero-order valence-corrected chi connectivity index (χ0v) is 16.0. The minimum absolute atomic E-state index is 0.0230. The van der Waals surface area contributed by atoms with Gasteiger partial charge in [-0.2, -0.15) is 4.98 Å². The highest BCUT2D eigenvalue weighted by Gasteiger charge is 2.11. The fraction of sp³-hybridized carbons (Fsp3) is 0.238. The number of carbonyl (C=O) groups is 2. The standard InChI is InChI=1S/C21H20FN3O5/c22-16-6-8-17(9-7-16)28-13-18-24-20(30-25-18)14-29-21(27)10-11-23-19(26)12-15-4-2-1-3-5-15/h1-9H,10-14H2,(H,23,26). The first-order valence-electron chi connectivity index (χ1n) is 9.24. The molecular weight excluding hydrogens is 393 g/mol. The molecule has 0 bridgehead atoms. The molecule has 0 unspecified atom stereocenters. The summed E-state index contributed by atoms with van der Waals surface area (Å²) in [5.74, 6) is -0.188. The average molecular weight is 413 g/mol. The minimum atomic E-state index is -0.502. The normalized spacial score (nSPS) is 10.4. The van der Waals surface area contributed by atoms with Crippen LogP contribution in [0, 0.1) is 5.82 Å². The maximum absolute atomic E-state index is 12.9. The number of hydrogen-bond donors (Lipinski definition) is 1. The minimum Gasteiger partial charge on any atom is -0.485 e. The van der Waals surface area contributed by atoms with Crippen molar-refractivity contribution in [1.82, 2.24) is 15.5 Å². The second-order valence-corrected chi connectivity index (χ2v) is 6.27. The molecule has 1 aromatic heterocycles. The molecule has 8 nitrogen and oxygen atoms in total. The molecule has 0 saturated heterocycles. The van der Waals surface area contributed by atoms with Gasteiger partial charge in [0.15, 0.2) is 13.2 Å². The van der Waals surface area contributed by atoms with Crippen molar-refractivity contribution in [2.45, 2.75) is 26.1 Å². The summed E-state index contributed by atoms with van der Waals surface area (Å²) in [5, 5.41) is 6.39. The van der Waals surface area contributed by atoms with Crippen LogP contribution in [-0.2, 0) is 34.0 Å². The SMILES string of the molecule is O=C(Cc1ccccc1)NCCC(=O)OCc1nc(COc2ccc(F)cc2)no1. The number of hydrogen-bond acceptors (Lipinski definition) is 7. The Labute approximate surface area is 172 Å². The number of ether oxygens (including phenoxy) is 2. The third-order valence-electron chi connectivity index (χ3n) is 3.91. The van der Waals surface area contributed by atoms with Crippen molar-refractivity contribution in [1.29, 1.82) is 0 Å². The Morgan fingerprint density at radius 3 is 2.57 bits per heavy atom. The lowest BCUT2D eigenvalue weighted by molar-refractivity contribution is -0.145. The number of rotatable bonds is 10. The van der Waals surface area contributed by atoms with E-state index in [0.717, 1.165) is 5.56 Å². The van der Waals surface area contributed by atoms with E-state index in [-0.39, 0.29) is 56.0 Å². The number of halogens is 1. The van der Waals surface area contributed by atoms with Crippen molar-refractivity contribution >= 4 is 11.9 Å². The molecule has 0 aliphatic heterocycles. The van der Waals surface area contributed by atoms with E-state index in [1.165, 1.54) is 24.3 Å². The molecule has 1 heterocycles. The van der Waals surface area contributed by atoms with Gasteiger partial charge in [-0.3, -0.25) is 9.59 Å². The van der Waals surface area contributed by atoms with Crippen LogP contribution >= 0.6 is 0 Å². The van der Waals surface area contributed by atoms with Gasteiger partial charge in [-0.15, -0.1) is 0 Å². The van der Waals surface area contributed by atoms with E-state index in [4.69, 9.17) is 14.0 Å². The van der Waals surface area contributed by atoms with Crippen LogP contribution in [0.25, 0.3) is 0 Å². The first-order chi connectivity index (χ1) is 14.6. The van der Waals surface area contributed by atoms with Crippen molar-refractivity contribution in [2.75, 3.05) is 6.54 Å². The molecule has 0 spiro atoms. The van der Waals surface area contributed by atoms with Crippen molar-refractivity contribution in [3.05, 3.63) is 77.7 Å². The molecule has 30 heavy (non-hydrogen) atoms. The average Bonchev–Trinajstić information content (AvgIpc) is 3.20. The van der Waals surface area contributed by atoms with E-state index in [0.29, 0.717) is 5.75 Å². The molecule has 3 aromatic rings. The summed E-state index contributed by atoms with van der Waals surface area (Å²) in [5.41, 5.74) is 0.896. The molecule has 1 amide bonds. The Morgan fingerprint density at radius 1 is 1.03 bits per heavy atom. The Balaban J connectivity index is 1.32. The van der Waals surface area contributed by atoms with E-state index >= 15 is 0 Å². The summed E-state index contributed by atoms with van der Waals surface area (Å²) >= 11 is 0. The highest BCUT2D eigenvalue weighted by Crippen LogP contribution is 2.12. The summed E-state index contributed by atoms with van der Waals surface area (Å²) in [4.78, 5) is 27.7. The molecule has 0 atom stereocenters. The number of carbonyl (C=O) groups excluding carboxylic acids is 2. The van der Waals surface area contributed by atoms with Gasteiger partial charge in [0.05, 0.1) is 12.8 Å². The van der Waals surface area contributed by atoms with Crippen LogP contribution in [0.4, 0.5) is 4.39 Å². The highest BCUT2D eigenvalue weighted by atomic mass is 19.1. The van der Waals surface area contributed by atoms with Crippen LogP contribution in [0.15, 0.2) is 59.1 Å². The van der Waals surface area contributed by atoms with Crippen LogP contribution in [-0.4, -0.2) is 28.6 Å². The summed E-state index contributed by atoms with van der Waals surface area (Å²) in [6, 6.07) is 14.8. The molecule has 3 rings (SSSR count). The molecule has 0 aliphatic carbocycles. The zero-order valence-electron chi connectivity index (χ0n) is 16.0. The Bertz CT molecular complexity index is 960. The van der Waals surface area contributed by atoms with E-state index in [2.05, 4.69) is 15.5 Å². The lowest BCUT2D eigenvalue weighted by Crippen LogP contribution is -2.27. The molecule has 1 N–H and O–H groups in total. The predicted molar refractivity (Wildman–Crippen MR) is 103 cm³/mol. The maximum Gasteiger partial charge on any atom is 0.308 e. The number of esters is 1.